The molecule has 4 saturated carbocycles. The number of nitrogens with one attached hydrogen (secondary N) is 1. The summed E-state index contributed by atoms with van der Waals surface area (Å²) in [7, 11) is 0. The summed E-state index contributed by atoms with van der Waals surface area (Å²) < 4.78 is 6.38. The molecule has 0 atom stereocenters. The highest BCUT2D eigenvalue weighted by Gasteiger charge is 2.45. The van der Waals surface area contributed by atoms with Crippen LogP contribution in [0, 0.1) is 17.3 Å². The number of fused-ring (bicyclic) bond motifs is 4. The highest BCUT2D eigenvalue weighted by atomic mass is 16.5. The Labute approximate surface area is 202 Å². The molecule has 2 aromatic carbocycles. The van der Waals surface area contributed by atoms with Crippen molar-refractivity contribution < 1.29 is 4.74 Å². The second kappa shape index (κ2) is 10.4. The predicted molar refractivity (Wildman–Crippen MR) is 142 cm³/mol. The summed E-state index contributed by atoms with van der Waals surface area (Å²) in [5.41, 5.74) is 2.44. The molecule has 0 heterocycles. The lowest BCUT2D eigenvalue weighted by atomic mass is 9.58. The van der Waals surface area contributed by atoms with Crippen molar-refractivity contribution in [1.82, 2.24) is 5.32 Å². The molecular formula is C31H47NO. The van der Waals surface area contributed by atoms with E-state index in [-0.39, 0.29) is 0 Å². The predicted octanol–water partition coefficient (Wildman–Crippen LogP) is 8.66. The number of rotatable bonds is 6. The maximum Gasteiger partial charge on any atom is 0.120 e. The van der Waals surface area contributed by atoms with Crippen LogP contribution in [0.1, 0.15) is 104 Å². The quantitative estimate of drug-likeness (QED) is 0.476. The van der Waals surface area contributed by atoms with Crippen molar-refractivity contribution >= 4 is 10.8 Å². The first-order valence-electron chi connectivity index (χ1n) is 13.9. The van der Waals surface area contributed by atoms with Gasteiger partial charge in [0.1, 0.15) is 5.75 Å². The van der Waals surface area contributed by atoms with E-state index in [1.807, 2.05) is 13.8 Å². The van der Waals surface area contributed by atoms with E-state index in [1.165, 1.54) is 80.5 Å². The topological polar surface area (TPSA) is 21.3 Å². The summed E-state index contributed by atoms with van der Waals surface area (Å²) in [5, 5.41) is 6.59. The summed E-state index contributed by atoms with van der Waals surface area (Å²) in [4.78, 5) is 0. The first kappa shape index (κ1) is 24.6. The molecule has 2 heteroatoms. The smallest absolute Gasteiger partial charge is 0.120 e. The lowest BCUT2D eigenvalue weighted by Gasteiger charge is -2.52. The molecule has 4 aliphatic rings. The molecule has 2 nitrogen and oxygen atoms in total. The summed E-state index contributed by atoms with van der Waals surface area (Å²) in [5.74, 6) is 2.73. The van der Waals surface area contributed by atoms with Gasteiger partial charge in [0, 0.05) is 12.1 Å². The van der Waals surface area contributed by atoms with Crippen molar-refractivity contribution in [3.8, 4) is 5.75 Å². The third-order valence-electron chi connectivity index (χ3n) is 9.13. The van der Waals surface area contributed by atoms with Gasteiger partial charge in [-0.2, -0.15) is 0 Å². The third-order valence-corrected chi connectivity index (χ3v) is 9.13. The van der Waals surface area contributed by atoms with Crippen LogP contribution >= 0.6 is 0 Å². The zero-order valence-corrected chi connectivity index (χ0v) is 21.9. The van der Waals surface area contributed by atoms with Gasteiger partial charge in [-0.15, -0.1) is 0 Å². The highest BCUT2D eigenvalue weighted by Crippen LogP contribution is 2.52. The fraction of sp³-hybridized carbons (Fsp3) is 0.677. The molecule has 182 valence electrons. The average molecular weight is 450 g/mol. The molecule has 33 heavy (non-hydrogen) atoms. The van der Waals surface area contributed by atoms with Crippen molar-refractivity contribution in [1.29, 1.82) is 0 Å². The van der Waals surface area contributed by atoms with Crippen LogP contribution in [0.5, 0.6) is 5.75 Å². The van der Waals surface area contributed by atoms with E-state index in [9.17, 15) is 0 Å². The molecular weight excluding hydrogens is 402 g/mol. The maximum atomic E-state index is 6.38. The van der Waals surface area contributed by atoms with Crippen LogP contribution in [0.2, 0.25) is 0 Å². The molecule has 0 aromatic heterocycles. The Hall–Kier alpha value is -1.54. The van der Waals surface area contributed by atoms with E-state index >= 15 is 0 Å². The van der Waals surface area contributed by atoms with Crippen molar-refractivity contribution in [3.63, 3.8) is 0 Å². The van der Waals surface area contributed by atoms with Crippen LogP contribution in [0.15, 0.2) is 36.4 Å². The van der Waals surface area contributed by atoms with E-state index in [0.29, 0.717) is 17.1 Å². The molecule has 0 radical (unpaired) electrons. The van der Waals surface area contributed by atoms with E-state index in [0.717, 1.165) is 24.1 Å². The number of hydrogen-bond donors (Lipinski definition) is 1. The highest BCUT2D eigenvalue weighted by molar-refractivity contribution is 5.84. The van der Waals surface area contributed by atoms with Crippen LogP contribution in [-0.2, 0) is 6.54 Å². The van der Waals surface area contributed by atoms with Crippen LogP contribution in [-0.4, -0.2) is 11.6 Å². The molecule has 2 bridgehead atoms. The monoisotopic (exact) mass is 449 g/mol. The van der Waals surface area contributed by atoms with Gasteiger partial charge < -0.3 is 10.1 Å². The Morgan fingerprint density at radius 1 is 0.848 bits per heavy atom. The zero-order chi connectivity index (χ0) is 23.5. The van der Waals surface area contributed by atoms with Crippen LogP contribution < -0.4 is 10.1 Å². The standard InChI is InChI=1S/C29H41NO.C2H6/c1-21(2)23-6-9-26(10-7-23)31-27-11-8-24-18-22(4-5-25(24)19-27)20-30-29-15-12-28(3,13-16-29)14-17-29;1-2/h4-5,8,11,18-19,21,23,26,30H,6-7,9-10,12-17,20H2,1-3H3;1-2H3. The van der Waals surface area contributed by atoms with Gasteiger partial charge in [-0.1, -0.05) is 52.8 Å². The minimum Gasteiger partial charge on any atom is -0.490 e. The molecule has 4 aliphatic carbocycles. The fourth-order valence-corrected chi connectivity index (χ4v) is 6.45. The van der Waals surface area contributed by atoms with E-state index in [2.05, 4.69) is 62.5 Å². The van der Waals surface area contributed by atoms with E-state index in [1.54, 1.807) is 0 Å². The van der Waals surface area contributed by atoms with Crippen molar-refractivity contribution in [2.24, 2.45) is 17.3 Å². The summed E-state index contributed by atoms with van der Waals surface area (Å²) in [6, 6.07) is 13.6. The number of hydrogen-bond acceptors (Lipinski definition) is 2. The molecule has 4 fully saturated rings. The van der Waals surface area contributed by atoms with Gasteiger partial charge in [0.15, 0.2) is 0 Å². The third kappa shape index (κ3) is 5.76. The lowest BCUT2D eigenvalue weighted by molar-refractivity contribution is 0.0360. The van der Waals surface area contributed by atoms with Crippen molar-refractivity contribution in [2.45, 2.75) is 117 Å². The fourth-order valence-electron chi connectivity index (χ4n) is 6.45. The molecule has 1 N–H and O–H groups in total. The van der Waals surface area contributed by atoms with Gasteiger partial charge in [0.05, 0.1) is 6.10 Å². The molecule has 0 aliphatic heterocycles. The van der Waals surface area contributed by atoms with Crippen molar-refractivity contribution in [2.75, 3.05) is 0 Å². The Bertz CT molecular complexity index is 884. The molecule has 2 aromatic rings. The second-order valence-corrected chi connectivity index (χ2v) is 11.7. The van der Waals surface area contributed by atoms with Gasteiger partial charge >= 0.3 is 0 Å². The Balaban J connectivity index is 0.00000126. The Morgan fingerprint density at radius 2 is 1.45 bits per heavy atom. The zero-order valence-electron chi connectivity index (χ0n) is 21.9. The minimum atomic E-state index is 0.392. The Kier molecular flexibility index (Phi) is 7.73. The van der Waals surface area contributed by atoms with Gasteiger partial charge in [0.2, 0.25) is 0 Å². The first-order chi connectivity index (χ1) is 15.9. The molecule has 6 rings (SSSR count). The summed E-state index contributed by atoms with van der Waals surface area (Å²) in [6.45, 7) is 12.2. The minimum absolute atomic E-state index is 0.392. The normalized spacial score (nSPS) is 31.3. The molecule has 0 unspecified atom stereocenters. The van der Waals surface area contributed by atoms with Crippen molar-refractivity contribution in [3.05, 3.63) is 42.0 Å². The summed E-state index contributed by atoms with van der Waals surface area (Å²) >= 11 is 0. The van der Waals surface area contributed by atoms with E-state index in [4.69, 9.17) is 4.74 Å². The SMILES string of the molecule is CC.CC(C)C1CCC(Oc2ccc3cc(CNC45CCC(C)(CC4)CC5)ccc3c2)CC1. The molecule has 0 spiro atoms. The maximum absolute atomic E-state index is 6.38. The number of ether oxygens (including phenoxy) is 1. The molecule has 0 saturated heterocycles. The lowest BCUT2D eigenvalue weighted by Crippen LogP contribution is -2.53. The Morgan fingerprint density at radius 3 is 2.09 bits per heavy atom. The van der Waals surface area contributed by atoms with E-state index < -0.39 is 0 Å². The van der Waals surface area contributed by atoms with Crippen LogP contribution in [0.3, 0.4) is 0 Å². The number of benzene rings is 2. The largest absolute Gasteiger partial charge is 0.490 e. The van der Waals surface area contributed by atoms with Gasteiger partial charge in [0.25, 0.3) is 0 Å². The summed E-state index contributed by atoms with van der Waals surface area (Å²) in [6.07, 6.45) is 13.7. The second-order valence-electron chi connectivity index (χ2n) is 11.7. The van der Waals surface area contributed by atoms with Gasteiger partial charge in [-0.05, 0) is 116 Å². The average Bonchev–Trinajstić information content (AvgIpc) is 2.85. The van der Waals surface area contributed by atoms with Gasteiger partial charge in [-0.25, -0.2) is 0 Å². The van der Waals surface area contributed by atoms with Crippen LogP contribution in [0.4, 0.5) is 0 Å². The first-order valence-corrected chi connectivity index (χ1v) is 13.9. The van der Waals surface area contributed by atoms with Crippen LogP contribution in [0.25, 0.3) is 10.8 Å². The molecule has 0 amide bonds. The van der Waals surface area contributed by atoms with Gasteiger partial charge in [-0.3, -0.25) is 0 Å².